The van der Waals surface area contributed by atoms with Crippen molar-refractivity contribution in [3.05, 3.63) is 23.8 Å². The lowest BCUT2D eigenvalue weighted by Crippen LogP contribution is -2.46. The van der Waals surface area contributed by atoms with Gasteiger partial charge in [-0.3, -0.25) is 9.59 Å². The molecule has 2 amide bonds. The van der Waals surface area contributed by atoms with Gasteiger partial charge in [0.25, 0.3) is 0 Å². The standard InChI is InChI=1S/C18H27N3O2/c1-12(2)17(19-14(4)22)18(23)20-16-8-7-15(11-13(16)3)21-9-5-6-10-21/h7-8,11-12,17H,5-6,9-10H2,1-4H3,(H,19,22)(H,20,23). The molecule has 0 aliphatic carbocycles. The van der Waals surface area contributed by atoms with Gasteiger partial charge in [0, 0.05) is 31.4 Å². The second-order valence-electron chi connectivity index (χ2n) is 6.60. The van der Waals surface area contributed by atoms with Gasteiger partial charge in [0.2, 0.25) is 11.8 Å². The number of hydrogen-bond acceptors (Lipinski definition) is 3. The molecule has 1 atom stereocenters. The lowest BCUT2D eigenvalue weighted by Gasteiger charge is -2.23. The van der Waals surface area contributed by atoms with Gasteiger partial charge in [-0.2, -0.15) is 0 Å². The SMILES string of the molecule is CC(=O)NC(C(=O)Nc1ccc(N2CCCC2)cc1C)C(C)C. The molecule has 2 rings (SSSR count). The lowest BCUT2D eigenvalue weighted by atomic mass is 10.0. The van der Waals surface area contributed by atoms with E-state index in [1.807, 2.05) is 26.8 Å². The second-order valence-corrected chi connectivity index (χ2v) is 6.60. The highest BCUT2D eigenvalue weighted by Gasteiger charge is 2.23. The molecule has 1 saturated heterocycles. The summed E-state index contributed by atoms with van der Waals surface area (Å²) < 4.78 is 0. The van der Waals surface area contributed by atoms with Crippen LogP contribution in [0.3, 0.4) is 0 Å². The molecule has 0 bridgehead atoms. The van der Waals surface area contributed by atoms with Crippen LogP contribution in [0.1, 0.15) is 39.2 Å². The van der Waals surface area contributed by atoms with E-state index in [0.29, 0.717) is 0 Å². The van der Waals surface area contributed by atoms with Crippen LogP contribution in [-0.2, 0) is 9.59 Å². The summed E-state index contributed by atoms with van der Waals surface area (Å²) in [4.78, 5) is 26.1. The normalized spacial score (nSPS) is 15.6. The Balaban J connectivity index is 2.09. The summed E-state index contributed by atoms with van der Waals surface area (Å²) in [6.07, 6.45) is 2.48. The molecule has 0 aromatic heterocycles. The van der Waals surface area contributed by atoms with Gasteiger partial charge >= 0.3 is 0 Å². The van der Waals surface area contributed by atoms with Gasteiger partial charge in [-0.05, 0) is 49.4 Å². The fraction of sp³-hybridized carbons (Fsp3) is 0.556. The fourth-order valence-corrected chi connectivity index (χ4v) is 2.92. The monoisotopic (exact) mass is 317 g/mol. The maximum atomic E-state index is 12.4. The number of carbonyl (C=O) groups excluding carboxylic acids is 2. The quantitative estimate of drug-likeness (QED) is 0.878. The number of nitrogens with one attached hydrogen (secondary N) is 2. The van der Waals surface area contributed by atoms with Crippen molar-refractivity contribution in [2.75, 3.05) is 23.3 Å². The van der Waals surface area contributed by atoms with Crippen LogP contribution in [0.25, 0.3) is 0 Å². The topological polar surface area (TPSA) is 61.4 Å². The van der Waals surface area contributed by atoms with Crippen molar-refractivity contribution in [1.82, 2.24) is 5.32 Å². The molecule has 1 aliphatic rings. The summed E-state index contributed by atoms with van der Waals surface area (Å²) in [5.41, 5.74) is 3.04. The minimum Gasteiger partial charge on any atom is -0.372 e. The van der Waals surface area contributed by atoms with E-state index in [2.05, 4.69) is 27.7 Å². The van der Waals surface area contributed by atoms with Gasteiger partial charge in [0.15, 0.2) is 0 Å². The molecule has 5 nitrogen and oxygen atoms in total. The van der Waals surface area contributed by atoms with Crippen molar-refractivity contribution >= 4 is 23.2 Å². The molecule has 1 heterocycles. The van der Waals surface area contributed by atoms with Gasteiger partial charge < -0.3 is 15.5 Å². The van der Waals surface area contributed by atoms with E-state index in [1.165, 1.54) is 25.5 Å². The first kappa shape index (κ1) is 17.3. The van der Waals surface area contributed by atoms with Crippen molar-refractivity contribution in [3.8, 4) is 0 Å². The predicted molar refractivity (Wildman–Crippen MR) is 93.7 cm³/mol. The zero-order valence-electron chi connectivity index (χ0n) is 14.5. The van der Waals surface area contributed by atoms with Crippen molar-refractivity contribution in [2.45, 2.75) is 46.6 Å². The molecule has 0 saturated carbocycles. The van der Waals surface area contributed by atoms with Gasteiger partial charge in [-0.1, -0.05) is 13.8 Å². The summed E-state index contributed by atoms with van der Waals surface area (Å²) in [7, 11) is 0. The van der Waals surface area contributed by atoms with E-state index in [-0.39, 0.29) is 17.7 Å². The Morgan fingerprint density at radius 3 is 2.35 bits per heavy atom. The maximum Gasteiger partial charge on any atom is 0.247 e. The number of carbonyl (C=O) groups is 2. The van der Waals surface area contributed by atoms with Crippen molar-refractivity contribution in [2.24, 2.45) is 5.92 Å². The van der Waals surface area contributed by atoms with Crippen LogP contribution >= 0.6 is 0 Å². The van der Waals surface area contributed by atoms with Gasteiger partial charge in [-0.25, -0.2) is 0 Å². The molecule has 2 N–H and O–H groups in total. The number of hydrogen-bond donors (Lipinski definition) is 2. The summed E-state index contributed by atoms with van der Waals surface area (Å²) in [5, 5.41) is 5.66. The van der Waals surface area contributed by atoms with E-state index < -0.39 is 6.04 Å². The maximum absolute atomic E-state index is 12.4. The third-order valence-corrected chi connectivity index (χ3v) is 4.25. The Hall–Kier alpha value is -2.04. The molecule has 126 valence electrons. The Labute approximate surface area is 138 Å². The highest BCUT2D eigenvalue weighted by molar-refractivity contribution is 5.97. The highest BCUT2D eigenvalue weighted by Crippen LogP contribution is 2.25. The van der Waals surface area contributed by atoms with Crippen molar-refractivity contribution in [1.29, 1.82) is 0 Å². The number of amides is 2. The summed E-state index contributed by atoms with van der Waals surface area (Å²) >= 11 is 0. The molecule has 1 fully saturated rings. The first-order valence-electron chi connectivity index (χ1n) is 8.32. The third-order valence-electron chi connectivity index (χ3n) is 4.25. The average Bonchev–Trinajstić information content (AvgIpc) is 3.00. The number of rotatable bonds is 5. The third kappa shape index (κ3) is 4.47. The Morgan fingerprint density at radius 2 is 1.83 bits per heavy atom. The zero-order valence-corrected chi connectivity index (χ0v) is 14.5. The highest BCUT2D eigenvalue weighted by atomic mass is 16.2. The Morgan fingerprint density at radius 1 is 1.17 bits per heavy atom. The summed E-state index contributed by atoms with van der Waals surface area (Å²) in [6, 6.07) is 5.59. The largest absolute Gasteiger partial charge is 0.372 e. The van der Waals surface area contributed by atoms with Crippen molar-refractivity contribution in [3.63, 3.8) is 0 Å². The van der Waals surface area contributed by atoms with Crippen LogP contribution in [-0.4, -0.2) is 30.9 Å². The number of aryl methyl sites for hydroxylation is 1. The van der Waals surface area contributed by atoms with Crippen LogP contribution in [0.2, 0.25) is 0 Å². The molecule has 0 radical (unpaired) electrons. The minimum absolute atomic E-state index is 0.0306. The molecular formula is C18H27N3O2. The van der Waals surface area contributed by atoms with Crippen LogP contribution in [0, 0.1) is 12.8 Å². The van der Waals surface area contributed by atoms with Crippen molar-refractivity contribution < 1.29 is 9.59 Å². The zero-order chi connectivity index (χ0) is 17.0. The summed E-state index contributed by atoms with van der Waals surface area (Å²) in [5.74, 6) is -0.338. The Kier molecular flexibility index (Phi) is 5.64. The molecule has 1 unspecified atom stereocenters. The van der Waals surface area contributed by atoms with E-state index in [9.17, 15) is 9.59 Å². The number of nitrogens with zero attached hydrogens (tertiary/aromatic N) is 1. The predicted octanol–water partition coefficient (Wildman–Crippen LogP) is 2.69. The number of benzene rings is 1. The van der Waals surface area contributed by atoms with E-state index >= 15 is 0 Å². The van der Waals surface area contributed by atoms with Crippen LogP contribution in [0.15, 0.2) is 18.2 Å². The van der Waals surface area contributed by atoms with Crippen LogP contribution in [0.4, 0.5) is 11.4 Å². The smallest absolute Gasteiger partial charge is 0.247 e. The van der Waals surface area contributed by atoms with Crippen LogP contribution < -0.4 is 15.5 Å². The van der Waals surface area contributed by atoms with Gasteiger partial charge in [-0.15, -0.1) is 0 Å². The lowest BCUT2D eigenvalue weighted by molar-refractivity contribution is -0.126. The molecule has 5 heteroatoms. The molecule has 1 aliphatic heterocycles. The molecular weight excluding hydrogens is 290 g/mol. The van der Waals surface area contributed by atoms with E-state index in [1.54, 1.807) is 0 Å². The van der Waals surface area contributed by atoms with E-state index in [4.69, 9.17) is 0 Å². The van der Waals surface area contributed by atoms with E-state index in [0.717, 1.165) is 24.3 Å². The molecule has 1 aromatic carbocycles. The minimum atomic E-state index is -0.523. The van der Waals surface area contributed by atoms with Gasteiger partial charge in [0.1, 0.15) is 6.04 Å². The molecule has 1 aromatic rings. The fourth-order valence-electron chi connectivity index (χ4n) is 2.92. The van der Waals surface area contributed by atoms with Crippen LogP contribution in [0.5, 0.6) is 0 Å². The Bertz CT molecular complexity index is 578. The second kappa shape index (κ2) is 7.49. The van der Waals surface area contributed by atoms with Gasteiger partial charge in [0.05, 0.1) is 0 Å². The average molecular weight is 317 g/mol. The first-order chi connectivity index (χ1) is 10.9. The molecule has 23 heavy (non-hydrogen) atoms. The number of anilines is 2. The summed E-state index contributed by atoms with van der Waals surface area (Å²) in [6.45, 7) is 9.47. The molecule has 0 spiro atoms. The first-order valence-corrected chi connectivity index (χ1v) is 8.32.